The molecule has 0 aliphatic heterocycles. The van der Waals surface area contributed by atoms with Crippen LogP contribution in [0.15, 0.2) is 18.2 Å². The molecule has 1 aliphatic carbocycles. The van der Waals surface area contributed by atoms with E-state index in [2.05, 4.69) is 18.2 Å². The number of hydrogen-bond acceptors (Lipinski definition) is 2. The van der Waals surface area contributed by atoms with Crippen molar-refractivity contribution in [2.75, 3.05) is 13.2 Å². The molecule has 2 N–H and O–H groups in total. The van der Waals surface area contributed by atoms with Gasteiger partial charge < -0.3 is 10.2 Å². The van der Waals surface area contributed by atoms with Gasteiger partial charge in [0.1, 0.15) is 0 Å². The molecular weight excluding hydrogens is 224 g/mol. The van der Waals surface area contributed by atoms with Crippen molar-refractivity contribution < 1.29 is 10.2 Å². The zero-order valence-corrected chi connectivity index (χ0v) is 11.1. The van der Waals surface area contributed by atoms with Crippen molar-refractivity contribution in [3.05, 3.63) is 34.9 Å². The van der Waals surface area contributed by atoms with Crippen LogP contribution in [0.1, 0.15) is 42.4 Å². The predicted octanol–water partition coefficient (Wildman–Crippen LogP) is 2.49. The molecule has 2 rings (SSSR count). The van der Waals surface area contributed by atoms with Gasteiger partial charge in [-0.05, 0) is 61.1 Å². The topological polar surface area (TPSA) is 40.5 Å². The molecule has 0 unspecified atom stereocenters. The lowest BCUT2D eigenvalue weighted by molar-refractivity contribution is 0.209. The summed E-state index contributed by atoms with van der Waals surface area (Å²) in [5.41, 5.74) is 4.39. The Bertz CT molecular complexity index is 373. The smallest absolute Gasteiger partial charge is 0.0462 e. The Kier molecular flexibility index (Phi) is 5.21. The zero-order chi connectivity index (χ0) is 12.8. The lowest BCUT2D eigenvalue weighted by atomic mass is 9.93. The van der Waals surface area contributed by atoms with Crippen molar-refractivity contribution in [2.24, 2.45) is 5.92 Å². The van der Waals surface area contributed by atoms with Gasteiger partial charge in [0.05, 0.1) is 0 Å². The number of fused-ring (bicyclic) bond motifs is 1. The highest BCUT2D eigenvalue weighted by molar-refractivity contribution is 5.35. The fourth-order valence-electron chi connectivity index (χ4n) is 2.89. The number of aliphatic hydroxyl groups is 2. The van der Waals surface area contributed by atoms with Gasteiger partial charge in [0, 0.05) is 13.2 Å². The first-order valence-electron chi connectivity index (χ1n) is 7.16. The molecular formula is C16H24O2. The van der Waals surface area contributed by atoms with Gasteiger partial charge in [-0.1, -0.05) is 24.6 Å². The average molecular weight is 248 g/mol. The Balaban J connectivity index is 1.90. The van der Waals surface area contributed by atoms with Crippen molar-refractivity contribution in [1.29, 1.82) is 0 Å². The minimum absolute atomic E-state index is 0.252. The molecule has 0 fully saturated rings. The highest BCUT2D eigenvalue weighted by Gasteiger charge is 2.13. The van der Waals surface area contributed by atoms with Crippen molar-refractivity contribution in [3.63, 3.8) is 0 Å². The van der Waals surface area contributed by atoms with Gasteiger partial charge in [0.15, 0.2) is 0 Å². The second-order valence-electron chi connectivity index (χ2n) is 5.43. The van der Waals surface area contributed by atoms with Crippen molar-refractivity contribution >= 4 is 0 Å². The summed E-state index contributed by atoms with van der Waals surface area (Å²) < 4.78 is 0. The number of rotatable bonds is 7. The van der Waals surface area contributed by atoms with Gasteiger partial charge in [-0.15, -0.1) is 0 Å². The van der Waals surface area contributed by atoms with E-state index >= 15 is 0 Å². The first-order valence-corrected chi connectivity index (χ1v) is 7.16. The monoisotopic (exact) mass is 248 g/mol. The zero-order valence-electron chi connectivity index (χ0n) is 11.1. The minimum Gasteiger partial charge on any atom is -0.396 e. The average Bonchev–Trinajstić information content (AvgIpc) is 2.85. The van der Waals surface area contributed by atoms with E-state index in [4.69, 9.17) is 5.11 Å². The quantitative estimate of drug-likeness (QED) is 0.728. The summed E-state index contributed by atoms with van der Waals surface area (Å²) in [7, 11) is 0. The Morgan fingerprint density at radius 3 is 2.67 bits per heavy atom. The number of unbranched alkanes of at least 4 members (excludes halogenated alkanes) is 1. The third-order valence-electron chi connectivity index (χ3n) is 3.97. The summed E-state index contributed by atoms with van der Waals surface area (Å²) in [5.74, 6) is 0.344. The highest BCUT2D eigenvalue weighted by atomic mass is 16.3. The lowest BCUT2D eigenvalue weighted by Crippen LogP contribution is -2.10. The molecule has 0 amide bonds. The van der Waals surface area contributed by atoms with E-state index in [1.165, 1.54) is 36.0 Å². The van der Waals surface area contributed by atoms with Crippen LogP contribution in [0.25, 0.3) is 0 Å². The van der Waals surface area contributed by atoms with E-state index in [0.29, 0.717) is 5.92 Å². The summed E-state index contributed by atoms with van der Waals surface area (Å²) in [4.78, 5) is 0. The van der Waals surface area contributed by atoms with Crippen molar-refractivity contribution in [1.82, 2.24) is 0 Å². The molecule has 0 spiro atoms. The minimum atomic E-state index is 0.252. The van der Waals surface area contributed by atoms with Crippen LogP contribution in [0.3, 0.4) is 0 Å². The molecule has 2 nitrogen and oxygen atoms in total. The molecule has 1 aliphatic rings. The van der Waals surface area contributed by atoms with Gasteiger partial charge in [0.2, 0.25) is 0 Å². The third kappa shape index (κ3) is 3.56. The van der Waals surface area contributed by atoms with Crippen LogP contribution in [0.5, 0.6) is 0 Å². The van der Waals surface area contributed by atoms with Crippen LogP contribution in [0, 0.1) is 5.92 Å². The Labute approximate surface area is 110 Å². The summed E-state index contributed by atoms with van der Waals surface area (Å²) >= 11 is 0. The molecule has 0 saturated heterocycles. The maximum Gasteiger partial charge on any atom is 0.0462 e. The van der Waals surface area contributed by atoms with E-state index in [9.17, 15) is 5.11 Å². The van der Waals surface area contributed by atoms with Crippen molar-refractivity contribution in [2.45, 2.75) is 44.9 Å². The van der Waals surface area contributed by atoms with Crippen LogP contribution in [0.4, 0.5) is 0 Å². The Morgan fingerprint density at radius 2 is 1.89 bits per heavy atom. The molecule has 0 heterocycles. The van der Waals surface area contributed by atoms with Gasteiger partial charge in [-0.25, -0.2) is 0 Å². The van der Waals surface area contributed by atoms with E-state index in [1.807, 2.05) is 0 Å². The van der Waals surface area contributed by atoms with E-state index < -0.39 is 0 Å². The molecule has 0 radical (unpaired) electrons. The second kappa shape index (κ2) is 6.91. The summed E-state index contributed by atoms with van der Waals surface area (Å²) in [5, 5.41) is 18.2. The number of aryl methyl sites for hydroxylation is 2. The van der Waals surface area contributed by atoms with Crippen LogP contribution in [-0.2, 0) is 19.3 Å². The molecule has 2 heteroatoms. The Hall–Kier alpha value is -0.860. The fourth-order valence-corrected chi connectivity index (χ4v) is 2.89. The predicted molar refractivity (Wildman–Crippen MR) is 73.7 cm³/mol. The number of benzene rings is 1. The number of aliphatic hydroxyl groups excluding tert-OH is 2. The SMILES string of the molecule is OCCCC[C@H](CO)Cc1ccc2c(c1)CCC2. The highest BCUT2D eigenvalue weighted by Crippen LogP contribution is 2.24. The standard InChI is InChI=1S/C16H24O2/c17-9-2-1-4-14(12-18)10-13-7-8-15-5-3-6-16(15)11-13/h7-8,11,14,17-18H,1-6,9-10,12H2/t14-/m0/s1. The summed E-state index contributed by atoms with van der Waals surface area (Å²) in [6, 6.07) is 6.82. The molecule has 1 aromatic carbocycles. The summed E-state index contributed by atoms with van der Waals surface area (Å²) in [6.07, 6.45) is 7.57. The normalized spacial score (nSPS) is 15.7. The van der Waals surface area contributed by atoms with Crippen LogP contribution >= 0.6 is 0 Å². The Morgan fingerprint density at radius 1 is 1.06 bits per heavy atom. The first kappa shape index (κ1) is 13.6. The second-order valence-corrected chi connectivity index (χ2v) is 5.43. The number of hydrogen-bond donors (Lipinski definition) is 2. The van der Waals surface area contributed by atoms with Gasteiger partial charge >= 0.3 is 0 Å². The molecule has 0 aromatic heterocycles. The van der Waals surface area contributed by atoms with Crippen LogP contribution < -0.4 is 0 Å². The third-order valence-corrected chi connectivity index (χ3v) is 3.97. The van der Waals surface area contributed by atoms with E-state index in [0.717, 1.165) is 25.7 Å². The molecule has 1 atom stereocenters. The molecule has 100 valence electrons. The molecule has 1 aromatic rings. The molecule has 18 heavy (non-hydrogen) atoms. The van der Waals surface area contributed by atoms with E-state index in [1.54, 1.807) is 0 Å². The maximum absolute atomic E-state index is 9.42. The van der Waals surface area contributed by atoms with Gasteiger partial charge in [0.25, 0.3) is 0 Å². The maximum atomic E-state index is 9.42. The lowest BCUT2D eigenvalue weighted by Gasteiger charge is -2.14. The first-order chi connectivity index (χ1) is 8.83. The van der Waals surface area contributed by atoms with Crippen molar-refractivity contribution in [3.8, 4) is 0 Å². The van der Waals surface area contributed by atoms with Crippen LogP contribution in [-0.4, -0.2) is 23.4 Å². The summed E-state index contributed by atoms with van der Waals surface area (Å²) in [6.45, 7) is 0.513. The van der Waals surface area contributed by atoms with Crippen LogP contribution in [0.2, 0.25) is 0 Å². The van der Waals surface area contributed by atoms with E-state index in [-0.39, 0.29) is 13.2 Å². The molecule has 0 bridgehead atoms. The van der Waals surface area contributed by atoms with Gasteiger partial charge in [-0.2, -0.15) is 0 Å². The molecule has 0 saturated carbocycles. The fraction of sp³-hybridized carbons (Fsp3) is 0.625. The largest absolute Gasteiger partial charge is 0.396 e. The van der Waals surface area contributed by atoms with Gasteiger partial charge in [-0.3, -0.25) is 0 Å².